The van der Waals surface area contributed by atoms with Crippen LogP contribution in [0, 0.1) is 47.3 Å². The van der Waals surface area contributed by atoms with E-state index in [1.165, 1.54) is 25.7 Å². The predicted molar refractivity (Wildman–Crippen MR) is 141 cm³/mol. The Hall–Kier alpha value is 0. The summed E-state index contributed by atoms with van der Waals surface area (Å²) in [5.74, 6) is 8.57. The molecule has 0 heteroatoms. The van der Waals surface area contributed by atoms with Crippen molar-refractivity contribution < 1.29 is 0 Å². The van der Waals surface area contributed by atoms with Crippen molar-refractivity contribution in [2.45, 2.75) is 155 Å². The Morgan fingerprint density at radius 3 is 0.625 bits per heavy atom. The molecule has 0 spiro atoms. The quantitative estimate of drug-likeness (QED) is 0.333. The van der Waals surface area contributed by atoms with Crippen molar-refractivity contribution in [1.29, 1.82) is 0 Å². The van der Waals surface area contributed by atoms with E-state index in [0.29, 0.717) is 0 Å². The van der Waals surface area contributed by atoms with Gasteiger partial charge in [0.15, 0.2) is 0 Å². The van der Waals surface area contributed by atoms with Gasteiger partial charge in [0.05, 0.1) is 0 Å². The summed E-state index contributed by atoms with van der Waals surface area (Å²) < 4.78 is 0. The van der Waals surface area contributed by atoms with Gasteiger partial charge in [-0.05, 0) is 47.3 Å². The van der Waals surface area contributed by atoms with Gasteiger partial charge in [-0.1, -0.05) is 155 Å². The van der Waals surface area contributed by atoms with E-state index in [2.05, 4.69) is 13.8 Å². The summed E-state index contributed by atoms with van der Waals surface area (Å²) in [5, 5.41) is 0. The lowest BCUT2D eigenvalue weighted by Gasteiger charge is -2.33. The molecule has 0 nitrogen and oxygen atoms in total. The third-order valence-corrected chi connectivity index (χ3v) is 11.2. The fourth-order valence-corrected chi connectivity index (χ4v) is 8.27. The molecule has 0 aromatic heterocycles. The summed E-state index contributed by atoms with van der Waals surface area (Å²) in [6, 6.07) is 0. The molecule has 0 unspecified atom stereocenters. The molecular weight excluding hydrogens is 384 g/mol. The van der Waals surface area contributed by atoms with E-state index < -0.39 is 0 Å². The van der Waals surface area contributed by atoms with Crippen molar-refractivity contribution in [1.82, 2.24) is 0 Å². The Morgan fingerprint density at radius 1 is 0.281 bits per heavy atom. The van der Waals surface area contributed by atoms with Crippen molar-refractivity contribution in [2.75, 3.05) is 0 Å². The molecule has 0 bridgehead atoms. The highest BCUT2D eigenvalue weighted by atomic mass is 14.3. The van der Waals surface area contributed by atoms with Crippen molar-refractivity contribution in [3.63, 3.8) is 0 Å². The Kier molecular flexibility index (Phi) is 10.3. The van der Waals surface area contributed by atoms with Gasteiger partial charge in [-0.15, -0.1) is 0 Å². The van der Waals surface area contributed by atoms with Crippen LogP contribution in [-0.4, -0.2) is 0 Å². The number of hydrogen-bond donors (Lipinski definition) is 0. The standard InChI is InChI=1S/C32H58/c1-25-3-7-27(8-4-25)11-13-29-15-19-31(20-16-29)23-24-32-21-17-30(18-22-32)14-12-28-9-5-26(2)6-10-28/h25-32H,3-24H2,1-2H3. The maximum Gasteiger partial charge on any atom is -0.0414 e. The third-order valence-electron chi connectivity index (χ3n) is 11.2. The van der Waals surface area contributed by atoms with Gasteiger partial charge in [-0.25, -0.2) is 0 Å². The van der Waals surface area contributed by atoms with E-state index in [1.807, 2.05) is 0 Å². The Morgan fingerprint density at radius 2 is 0.438 bits per heavy atom. The summed E-state index contributed by atoms with van der Waals surface area (Å²) >= 11 is 0. The molecular formula is C32H58. The van der Waals surface area contributed by atoms with E-state index in [9.17, 15) is 0 Å². The molecule has 4 rings (SSSR count). The van der Waals surface area contributed by atoms with E-state index in [4.69, 9.17) is 0 Å². The topological polar surface area (TPSA) is 0 Å². The lowest BCUT2D eigenvalue weighted by atomic mass is 9.72. The summed E-state index contributed by atoms with van der Waals surface area (Å²) in [6.07, 6.45) is 34.2. The third kappa shape index (κ3) is 8.34. The smallest absolute Gasteiger partial charge is 0.0414 e. The van der Waals surface area contributed by atoms with Gasteiger partial charge in [0.2, 0.25) is 0 Å². The van der Waals surface area contributed by atoms with E-state index in [1.54, 1.807) is 116 Å². The van der Waals surface area contributed by atoms with Gasteiger partial charge in [-0.3, -0.25) is 0 Å². The van der Waals surface area contributed by atoms with Gasteiger partial charge in [0.25, 0.3) is 0 Å². The average molecular weight is 443 g/mol. The lowest BCUT2D eigenvalue weighted by Crippen LogP contribution is -2.20. The highest BCUT2D eigenvalue weighted by Crippen LogP contribution is 2.41. The molecule has 0 amide bonds. The second-order valence-electron chi connectivity index (χ2n) is 13.8. The first-order chi connectivity index (χ1) is 15.6. The minimum absolute atomic E-state index is 1.02. The largest absolute Gasteiger partial charge is 0.0625 e. The Bertz CT molecular complexity index is 430. The molecule has 4 aliphatic carbocycles. The van der Waals surface area contributed by atoms with Crippen LogP contribution in [-0.2, 0) is 0 Å². The molecule has 0 aromatic rings. The summed E-state index contributed by atoms with van der Waals surface area (Å²) in [6.45, 7) is 4.92. The van der Waals surface area contributed by atoms with Crippen LogP contribution in [0.2, 0.25) is 0 Å². The first-order valence-electron chi connectivity index (χ1n) is 15.6. The molecule has 0 atom stereocenters. The fourth-order valence-electron chi connectivity index (χ4n) is 8.27. The van der Waals surface area contributed by atoms with Gasteiger partial charge >= 0.3 is 0 Å². The molecule has 0 saturated heterocycles. The predicted octanol–water partition coefficient (Wildman–Crippen LogP) is 10.6. The van der Waals surface area contributed by atoms with E-state index >= 15 is 0 Å². The van der Waals surface area contributed by atoms with E-state index in [-0.39, 0.29) is 0 Å². The van der Waals surface area contributed by atoms with Crippen LogP contribution in [0.4, 0.5) is 0 Å². The fraction of sp³-hybridized carbons (Fsp3) is 1.00. The highest BCUT2D eigenvalue weighted by Gasteiger charge is 2.27. The first-order valence-corrected chi connectivity index (χ1v) is 15.6. The van der Waals surface area contributed by atoms with Gasteiger partial charge in [0, 0.05) is 0 Å². The molecule has 4 fully saturated rings. The van der Waals surface area contributed by atoms with Crippen molar-refractivity contribution >= 4 is 0 Å². The average Bonchev–Trinajstić information content (AvgIpc) is 2.83. The molecule has 0 N–H and O–H groups in total. The van der Waals surface area contributed by atoms with Crippen molar-refractivity contribution in [3.05, 3.63) is 0 Å². The van der Waals surface area contributed by atoms with Gasteiger partial charge < -0.3 is 0 Å². The molecule has 32 heavy (non-hydrogen) atoms. The maximum absolute atomic E-state index is 2.46. The molecule has 0 radical (unpaired) electrons. The zero-order valence-electron chi connectivity index (χ0n) is 22.2. The van der Waals surface area contributed by atoms with Crippen molar-refractivity contribution in [3.8, 4) is 0 Å². The molecule has 4 saturated carbocycles. The summed E-state index contributed by atoms with van der Waals surface area (Å²) in [5.41, 5.74) is 0. The van der Waals surface area contributed by atoms with Crippen molar-refractivity contribution in [2.24, 2.45) is 47.3 Å². The lowest BCUT2D eigenvalue weighted by molar-refractivity contribution is 0.191. The molecule has 0 aliphatic heterocycles. The van der Waals surface area contributed by atoms with Gasteiger partial charge in [-0.2, -0.15) is 0 Å². The van der Waals surface area contributed by atoms with Crippen LogP contribution >= 0.6 is 0 Å². The van der Waals surface area contributed by atoms with Crippen LogP contribution in [0.25, 0.3) is 0 Å². The molecule has 0 aromatic carbocycles. The molecule has 0 heterocycles. The number of hydrogen-bond acceptors (Lipinski definition) is 0. The van der Waals surface area contributed by atoms with Crippen LogP contribution < -0.4 is 0 Å². The molecule has 4 aliphatic rings. The zero-order valence-corrected chi connectivity index (χ0v) is 22.2. The normalized spacial score (nSPS) is 41.4. The zero-order chi connectivity index (χ0) is 22.2. The summed E-state index contributed by atoms with van der Waals surface area (Å²) in [4.78, 5) is 0. The van der Waals surface area contributed by atoms with Crippen LogP contribution in [0.1, 0.15) is 155 Å². The monoisotopic (exact) mass is 442 g/mol. The first kappa shape index (κ1) is 25.1. The second kappa shape index (κ2) is 13.2. The minimum Gasteiger partial charge on any atom is -0.0625 e. The Labute approximate surface area is 202 Å². The van der Waals surface area contributed by atoms with Crippen LogP contribution in [0.5, 0.6) is 0 Å². The minimum atomic E-state index is 1.02. The summed E-state index contributed by atoms with van der Waals surface area (Å²) in [7, 11) is 0. The second-order valence-corrected chi connectivity index (χ2v) is 13.8. The van der Waals surface area contributed by atoms with Gasteiger partial charge in [0.1, 0.15) is 0 Å². The maximum atomic E-state index is 2.46. The van der Waals surface area contributed by atoms with E-state index in [0.717, 1.165) is 47.3 Å². The highest BCUT2D eigenvalue weighted by molar-refractivity contribution is 4.79. The van der Waals surface area contributed by atoms with Crippen LogP contribution in [0.3, 0.4) is 0 Å². The Balaban J connectivity index is 1.01. The SMILES string of the molecule is CC1CCC(CCC2CCC(CCC3CCC(CCC4CCC(C)CC4)CC3)CC2)CC1. The molecule has 186 valence electrons. The van der Waals surface area contributed by atoms with Crippen LogP contribution in [0.15, 0.2) is 0 Å². The number of rotatable bonds is 9.